The number of nitrogens with one attached hydrogen (secondary N) is 2. The van der Waals surface area contributed by atoms with Crippen LogP contribution < -0.4 is 0 Å². The number of carbonyl (C=O) groups is 1. The molecule has 0 radical (unpaired) electrons. The minimum absolute atomic E-state index is 0.204. The number of carboxylic acids is 1. The summed E-state index contributed by atoms with van der Waals surface area (Å²) in [5, 5.41) is 10.0. The molecule has 3 N–H and O–H groups in total. The standard InChI is InChI=1S/C14H12N2O2/c1-8-6-10-7-9(2-3-12(10)15-8)11-4-5-13(16-11)14(17)18/h2-7,15-16H,1H3,(H,17,18). The van der Waals surface area contributed by atoms with Crippen molar-refractivity contribution in [1.29, 1.82) is 0 Å². The molecule has 0 amide bonds. The molecular weight excluding hydrogens is 228 g/mol. The molecular formula is C14H12N2O2. The molecule has 4 heteroatoms. The van der Waals surface area contributed by atoms with Crippen molar-refractivity contribution in [2.75, 3.05) is 0 Å². The number of aromatic nitrogens is 2. The van der Waals surface area contributed by atoms with Gasteiger partial charge in [-0.15, -0.1) is 0 Å². The highest BCUT2D eigenvalue weighted by molar-refractivity contribution is 5.88. The average molecular weight is 240 g/mol. The summed E-state index contributed by atoms with van der Waals surface area (Å²) >= 11 is 0. The molecule has 18 heavy (non-hydrogen) atoms. The Bertz CT molecular complexity index is 737. The second kappa shape index (κ2) is 3.77. The monoisotopic (exact) mass is 240 g/mol. The van der Waals surface area contributed by atoms with Gasteiger partial charge in [0.2, 0.25) is 0 Å². The highest BCUT2D eigenvalue weighted by Gasteiger charge is 2.08. The van der Waals surface area contributed by atoms with Gasteiger partial charge in [0.25, 0.3) is 0 Å². The van der Waals surface area contributed by atoms with Crippen LogP contribution in [0.2, 0.25) is 0 Å². The van der Waals surface area contributed by atoms with Gasteiger partial charge in [-0.25, -0.2) is 4.79 Å². The zero-order chi connectivity index (χ0) is 12.7. The van der Waals surface area contributed by atoms with E-state index >= 15 is 0 Å². The van der Waals surface area contributed by atoms with Gasteiger partial charge >= 0.3 is 5.97 Å². The molecule has 0 unspecified atom stereocenters. The van der Waals surface area contributed by atoms with Gasteiger partial charge in [0.1, 0.15) is 5.69 Å². The number of benzene rings is 1. The predicted molar refractivity (Wildman–Crippen MR) is 69.8 cm³/mol. The summed E-state index contributed by atoms with van der Waals surface area (Å²) in [6, 6.07) is 11.4. The Balaban J connectivity index is 2.09. The number of hydrogen-bond donors (Lipinski definition) is 3. The molecule has 0 saturated heterocycles. The molecule has 0 bridgehead atoms. The third-order valence-corrected chi connectivity index (χ3v) is 2.98. The number of rotatable bonds is 2. The smallest absolute Gasteiger partial charge is 0.352 e. The van der Waals surface area contributed by atoms with E-state index in [0.29, 0.717) is 0 Å². The van der Waals surface area contributed by atoms with Gasteiger partial charge in [-0.2, -0.15) is 0 Å². The van der Waals surface area contributed by atoms with Crippen LogP contribution in [0.5, 0.6) is 0 Å². The normalized spacial score (nSPS) is 10.9. The summed E-state index contributed by atoms with van der Waals surface area (Å²) in [5.74, 6) is -0.945. The van der Waals surface area contributed by atoms with Crippen molar-refractivity contribution < 1.29 is 9.90 Å². The van der Waals surface area contributed by atoms with Crippen molar-refractivity contribution in [3.05, 3.63) is 47.8 Å². The first-order valence-corrected chi connectivity index (χ1v) is 5.65. The number of hydrogen-bond acceptors (Lipinski definition) is 1. The number of aromatic amines is 2. The van der Waals surface area contributed by atoms with E-state index in [-0.39, 0.29) is 5.69 Å². The lowest BCUT2D eigenvalue weighted by molar-refractivity contribution is 0.0691. The van der Waals surface area contributed by atoms with Gasteiger partial charge in [-0.3, -0.25) is 0 Å². The van der Waals surface area contributed by atoms with Crippen LogP contribution in [-0.2, 0) is 0 Å². The van der Waals surface area contributed by atoms with Crippen LogP contribution in [0.3, 0.4) is 0 Å². The molecule has 1 aromatic carbocycles. The zero-order valence-electron chi connectivity index (χ0n) is 9.82. The SMILES string of the molecule is Cc1cc2cc(-c3ccc(C(=O)O)[nH]3)ccc2[nH]1. The predicted octanol–water partition coefficient (Wildman–Crippen LogP) is 3.17. The largest absolute Gasteiger partial charge is 0.477 e. The Kier molecular flexibility index (Phi) is 2.23. The fourth-order valence-corrected chi connectivity index (χ4v) is 2.13. The first-order chi connectivity index (χ1) is 8.63. The molecule has 0 aliphatic heterocycles. The quantitative estimate of drug-likeness (QED) is 0.644. The van der Waals surface area contributed by atoms with Gasteiger partial charge in [-0.05, 0) is 42.8 Å². The third-order valence-electron chi connectivity index (χ3n) is 2.98. The maximum atomic E-state index is 10.8. The van der Waals surface area contributed by atoms with E-state index in [1.54, 1.807) is 12.1 Å². The van der Waals surface area contributed by atoms with E-state index in [9.17, 15) is 4.79 Å². The average Bonchev–Trinajstić information content (AvgIpc) is 2.91. The molecule has 0 saturated carbocycles. The van der Waals surface area contributed by atoms with E-state index in [0.717, 1.165) is 27.9 Å². The second-order valence-corrected chi connectivity index (χ2v) is 4.35. The number of aromatic carboxylic acids is 1. The Morgan fingerprint density at radius 2 is 1.94 bits per heavy atom. The maximum absolute atomic E-state index is 10.8. The Hall–Kier alpha value is -2.49. The van der Waals surface area contributed by atoms with E-state index in [2.05, 4.69) is 16.0 Å². The Morgan fingerprint density at radius 1 is 1.11 bits per heavy atom. The number of carboxylic acid groups (broad SMARTS) is 1. The van der Waals surface area contributed by atoms with Gasteiger partial charge in [0.05, 0.1) is 0 Å². The van der Waals surface area contributed by atoms with Crippen LogP contribution in [0.25, 0.3) is 22.2 Å². The molecule has 3 rings (SSSR count). The number of aryl methyl sites for hydroxylation is 1. The van der Waals surface area contributed by atoms with Crippen molar-refractivity contribution in [3.63, 3.8) is 0 Å². The van der Waals surface area contributed by atoms with E-state index < -0.39 is 5.97 Å². The lowest BCUT2D eigenvalue weighted by atomic mass is 10.1. The molecule has 0 aliphatic rings. The molecule has 0 spiro atoms. The van der Waals surface area contributed by atoms with Gasteiger partial charge in [0, 0.05) is 22.3 Å². The fourth-order valence-electron chi connectivity index (χ4n) is 2.13. The van der Waals surface area contributed by atoms with E-state index in [1.807, 2.05) is 25.1 Å². The van der Waals surface area contributed by atoms with Crippen LogP contribution in [0.15, 0.2) is 36.4 Å². The first-order valence-electron chi connectivity index (χ1n) is 5.65. The van der Waals surface area contributed by atoms with Gasteiger partial charge in [0.15, 0.2) is 0 Å². The van der Waals surface area contributed by atoms with Crippen LogP contribution in [0.1, 0.15) is 16.2 Å². The van der Waals surface area contributed by atoms with Crippen molar-refractivity contribution in [2.24, 2.45) is 0 Å². The summed E-state index contributed by atoms with van der Waals surface area (Å²) in [5.41, 5.74) is 4.19. The highest BCUT2D eigenvalue weighted by atomic mass is 16.4. The Labute approximate surface area is 103 Å². The minimum Gasteiger partial charge on any atom is -0.477 e. The summed E-state index contributed by atoms with van der Waals surface area (Å²) in [7, 11) is 0. The molecule has 2 aromatic heterocycles. The van der Waals surface area contributed by atoms with Crippen LogP contribution >= 0.6 is 0 Å². The van der Waals surface area contributed by atoms with Crippen molar-refractivity contribution in [3.8, 4) is 11.3 Å². The van der Waals surface area contributed by atoms with E-state index in [1.165, 1.54) is 0 Å². The minimum atomic E-state index is -0.945. The highest BCUT2D eigenvalue weighted by Crippen LogP contribution is 2.24. The molecule has 0 aliphatic carbocycles. The molecule has 0 fully saturated rings. The van der Waals surface area contributed by atoms with Crippen molar-refractivity contribution in [1.82, 2.24) is 9.97 Å². The molecule has 90 valence electrons. The summed E-state index contributed by atoms with van der Waals surface area (Å²) in [6.45, 7) is 2.01. The zero-order valence-corrected chi connectivity index (χ0v) is 9.82. The summed E-state index contributed by atoms with van der Waals surface area (Å²) in [4.78, 5) is 17.0. The van der Waals surface area contributed by atoms with Crippen molar-refractivity contribution >= 4 is 16.9 Å². The van der Waals surface area contributed by atoms with E-state index in [4.69, 9.17) is 5.11 Å². The number of H-pyrrole nitrogens is 2. The fraction of sp³-hybridized carbons (Fsp3) is 0.0714. The topological polar surface area (TPSA) is 68.9 Å². The third kappa shape index (κ3) is 1.68. The first kappa shape index (κ1) is 10.7. The van der Waals surface area contributed by atoms with Gasteiger partial charge in [-0.1, -0.05) is 6.07 Å². The lowest BCUT2D eigenvalue weighted by Gasteiger charge is -1.98. The molecule has 4 nitrogen and oxygen atoms in total. The lowest BCUT2D eigenvalue weighted by Crippen LogP contribution is -1.95. The van der Waals surface area contributed by atoms with Gasteiger partial charge < -0.3 is 15.1 Å². The molecule has 3 aromatic rings. The molecule has 0 atom stereocenters. The van der Waals surface area contributed by atoms with Crippen LogP contribution in [0.4, 0.5) is 0 Å². The van der Waals surface area contributed by atoms with Crippen molar-refractivity contribution in [2.45, 2.75) is 6.92 Å². The number of fused-ring (bicyclic) bond motifs is 1. The summed E-state index contributed by atoms with van der Waals surface area (Å²) in [6.07, 6.45) is 0. The molecule has 2 heterocycles. The van der Waals surface area contributed by atoms with Crippen LogP contribution in [-0.4, -0.2) is 21.0 Å². The second-order valence-electron chi connectivity index (χ2n) is 4.35. The Morgan fingerprint density at radius 3 is 2.67 bits per heavy atom. The maximum Gasteiger partial charge on any atom is 0.352 e. The summed E-state index contributed by atoms with van der Waals surface area (Å²) < 4.78 is 0. The van der Waals surface area contributed by atoms with Crippen LogP contribution in [0, 0.1) is 6.92 Å².